The summed E-state index contributed by atoms with van der Waals surface area (Å²) in [7, 11) is 0. The fourth-order valence-electron chi connectivity index (χ4n) is 5.07. The number of anilines is 1. The molecule has 2 aliphatic rings. The van der Waals surface area contributed by atoms with Crippen molar-refractivity contribution in [1.29, 1.82) is 0 Å². The maximum Gasteiger partial charge on any atom is 0.253 e. The molecule has 0 saturated carbocycles. The van der Waals surface area contributed by atoms with Gasteiger partial charge in [0.25, 0.3) is 5.91 Å². The lowest BCUT2D eigenvalue weighted by Crippen LogP contribution is -2.49. The van der Waals surface area contributed by atoms with Crippen molar-refractivity contribution in [2.24, 2.45) is 5.92 Å². The summed E-state index contributed by atoms with van der Waals surface area (Å²) >= 11 is 0. The van der Waals surface area contributed by atoms with E-state index in [0.717, 1.165) is 80.8 Å². The topological polar surface area (TPSA) is 72.5 Å². The molecule has 2 aromatic heterocycles. The fraction of sp³-hybridized carbons (Fsp3) is 0.423. The van der Waals surface area contributed by atoms with E-state index in [1.54, 1.807) is 0 Å². The molecule has 0 bridgehead atoms. The van der Waals surface area contributed by atoms with Crippen molar-refractivity contribution < 1.29 is 9.59 Å². The number of hydrogen-bond donors (Lipinski definition) is 1. The molecule has 33 heavy (non-hydrogen) atoms. The third-order valence-corrected chi connectivity index (χ3v) is 6.98. The van der Waals surface area contributed by atoms with Gasteiger partial charge in [-0.2, -0.15) is 0 Å². The summed E-state index contributed by atoms with van der Waals surface area (Å²) in [6.45, 7) is 4.66. The van der Waals surface area contributed by atoms with Crippen LogP contribution in [0.3, 0.4) is 0 Å². The molecule has 4 heterocycles. The van der Waals surface area contributed by atoms with Crippen LogP contribution in [0, 0.1) is 5.92 Å². The molecule has 2 aliphatic heterocycles. The van der Waals surface area contributed by atoms with Crippen LogP contribution in [-0.4, -0.2) is 70.9 Å². The van der Waals surface area contributed by atoms with Gasteiger partial charge < -0.3 is 19.7 Å². The number of hydrogen-bond acceptors (Lipinski definition) is 4. The standard InChI is InChI=1S/C26H31N5O2/c32-25(30-16-14-29(15-17-30)24-5-1-2-11-28-24)9-6-20-4-3-13-31(19-20)26(33)22-7-8-23-21(18-22)10-12-27-23/h1-2,5,7-8,10-12,18,20,27H,3-4,6,9,13-17,19H2/t20-/m1/s1. The van der Waals surface area contributed by atoms with Crippen molar-refractivity contribution >= 4 is 28.5 Å². The Labute approximate surface area is 194 Å². The number of piperazine rings is 1. The van der Waals surface area contributed by atoms with Gasteiger partial charge in [-0.3, -0.25) is 9.59 Å². The van der Waals surface area contributed by atoms with Crippen molar-refractivity contribution in [3.63, 3.8) is 0 Å². The number of piperidine rings is 1. The normalized spacial score (nSPS) is 19.2. The number of carbonyl (C=O) groups is 2. The summed E-state index contributed by atoms with van der Waals surface area (Å²) in [6, 6.07) is 13.8. The molecule has 2 amide bonds. The van der Waals surface area contributed by atoms with Crippen LogP contribution in [0.1, 0.15) is 36.0 Å². The zero-order chi connectivity index (χ0) is 22.6. The average molecular weight is 446 g/mol. The smallest absolute Gasteiger partial charge is 0.253 e. The van der Waals surface area contributed by atoms with Crippen LogP contribution in [0.25, 0.3) is 10.9 Å². The summed E-state index contributed by atoms with van der Waals surface area (Å²) < 4.78 is 0. The zero-order valence-electron chi connectivity index (χ0n) is 18.9. The summed E-state index contributed by atoms with van der Waals surface area (Å²) in [6.07, 6.45) is 7.20. The summed E-state index contributed by atoms with van der Waals surface area (Å²) in [5.41, 5.74) is 1.78. The predicted octanol–water partition coefficient (Wildman–Crippen LogP) is 3.54. The molecule has 2 fully saturated rings. The number of amides is 2. The van der Waals surface area contributed by atoms with E-state index in [-0.39, 0.29) is 11.8 Å². The Morgan fingerprint density at radius 1 is 1.00 bits per heavy atom. The Hall–Kier alpha value is -3.35. The largest absolute Gasteiger partial charge is 0.361 e. The van der Waals surface area contributed by atoms with E-state index in [9.17, 15) is 9.59 Å². The van der Waals surface area contributed by atoms with E-state index in [1.807, 2.05) is 64.7 Å². The Morgan fingerprint density at radius 3 is 2.70 bits per heavy atom. The highest BCUT2D eigenvalue weighted by atomic mass is 16.2. The molecule has 172 valence electrons. The molecular formula is C26H31N5O2. The third kappa shape index (κ3) is 4.87. The number of likely N-dealkylation sites (tertiary alicyclic amines) is 1. The molecule has 7 heteroatoms. The maximum absolute atomic E-state index is 13.1. The van der Waals surface area contributed by atoms with E-state index in [0.29, 0.717) is 12.3 Å². The van der Waals surface area contributed by atoms with Crippen molar-refractivity contribution in [3.05, 3.63) is 60.4 Å². The van der Waals surface area contributed by atoms with Crippen LogP contribution < -0.4 is 4.90 Å². The van der Waals surface area contributed by atoms with Gasteiger partial charge in [-0.25, -0.2) is 4.98 Å². The minimum absolute atomic E-state index is 0.0970. The maximum atomic E-state index is 13.1. The molecule has 1 atom stereocenters. The SMILES string of the molecule is O=C(CC[C@H]1CCCN(C(=O)c2ccc3[nH]ccc3c2)C1)N1CCN(c2ccccn2)CC1. The predicted molar refractivity (Wildman–Crippen MR) is 129 cm³/mol. The van der Waals surface area contributed by atoms with Gasteiger partial charge in [0, 0.05) is 74.5 Å². The Bertz CT molecular complexity index is 1100. The van der Waals surface area contributed by atoms with Gasteiger partial charge >= 0.3 is 0 Å². The lowest BCUT2D eigenvalue weighted by atomic mass is 9.92. The molecular weight excluding hydrogens is 414 g/mol. The van der Waals surface area contributed by atoms with Gasteiger partial charge in [-0.15, -0.1) is 0 Å². The zero-order valence-corrected chi connectivity index (χ0v) is 18.9. The highest BCUT2D eigenvalue weighted by molar-refractivity contribution is 5.98. The lowest BCUT2D eigenvalue weighted by molar-refractivity contribution is -0.131. The van der Waals surface area contributed by atoms with E-state index >= 15 is 0 Å². The van der Waals surface area contributed by atoms with Crippen LogP contribution in [0.2, 0.25) is 0 Å². The molecule has 0 aliphatic carbocycles. The number of carbonyl (C=O) groups excluding carboxylic acids is 2. The Morgan fingerprint density at radius 2 is 1.88 bits per heavy atom. The number of pyridine rings is 1. The first kappa shape index (κ1) is 21.5. The quantitative estimate of drug-likeness (QED) is 0.652. The van der Waals surface area contributed by atoms with Gasteiger partial charge in [-0.05, 0) is 61.6 Å². The molecule has 7 nitrogen and oxygen atoms in total. The van der Waals surface area contributed by atoms with Crippen molar-refractivity contribution in [2.45, 2.75) is 25.7 Å². The van der Waals surface area contributed by atoms with E-state index < -0.39 is 0 Å². The summed E-state index contributed by atoms with van der Waals surface area (Å²) in [4.78, 5) is 39.7. The van der Waals surface area contributed by atoms with Crippen LogP contribution in [-0.2, 0) is 4.79 Å². The van der Waals surface area contributed by atoms with Crippen LogP contribution in [0.5, 0.6) is 0 Å². The summed E-state index contributed by atoms with van der Waals surface area (Å²) in [5, 5.41) is 1.06. The minimum atomic E-state index is 0.0970. The van der Waals surface area contributed by atoms with E-state index in [4.69, 9.17) is 0 Å². The first-order chi connectivity index (χ1) is 16.2. The molecule has 3 aromatic rings. The molecule has 1 N–H and O–H groups in total. The average Bonchev–Trinajstić information content (AvgIpc) is 3.36. The van der Waals surface area contributed by atoms with Gasteiger partial charge in [-0.1, -0.05) is 6.07 Å². The fourth-order valence-corrected chi connectivity index (χ4v) is 5.07. The van der Waals surface area contributed by atoms with Gasteiger partial charge in [0.05, 0.1) is 0 Å². The number of aromatic amines is 1. The number of fused-ring (bicyclic) bond motifs is 1. The number of rotatable bonds is 5. The minimum Gasteiger partial charge on any atom is -0.361 e. The number of H-pyrrole nitrogens is 1. The molecule has 0 radical (unpaired) electrons. The van der Waals surface area contributed by atoms with E-state index in [2.05, 4.69) is 14.9 Å². The third-order valence-electron chi connectivity index (χ3n) is 6.98. The second-order valence-electron chi connectivity index (χ2n) is 9.13. The van der Waals surface area contributed by atoms with Crippen LogP contribution in [0.15, 0.2) is 54.9 Å². The van der Waals surface area contributed by atoms with Crippen molar-refractivity contribution in [3.8, 4) is 0 Å². The molecule has 2 saturated heterocycles. The molecule has 0 unspecified atom stereocenters. The Kier molecular flexibility index (Phi) is 6.28. The highest BCUT2D eigenvalue weighted by Crippen LogP contribution is 2.24. The second-order valence-corrected chi connectivity index (χ2v) is 9.13. The Balaban J connectivity index is 1.10. The molecule has 0 spiro atoms. The number of aromatic nitrogens is 2. The first-order valence-electron chi connectivity index (χ1n) is 12.0. The van der Waals surface area contributed by atoms with Crippen LogP contribution in [0.4, 0.5) is 5.82 Å². The van der Waals surface area contributed by atoms with Crippen molar-refractivity contribution in [2.75, 3.05) is 44.2 Å². The van der Waals surface area contributed by atoms with Gasteiger partial charge in [0.2, 0.25) is 5.91 Å². The van der Waals surface area contributed by atoms with E-state index in [1.165, 1.54) is 0 Å². The first-order valence-corrected chi connectivity index (χ1v) is 12.0. The van der Waals surface area contributed by atoms with Crippen molar-refractivity contribution in [1.82, 2.24) is 19.8 Å². The van der Waals surface area contributed by atoms with Gasteiger partial charge in [0.1, 0.15) is 5.82 Å². The number of nitrogens with zero attached hydrogens (tertiary/aromatic N) is 4. The van der Waals surface area contributed by atoms with Gasteiger partial charge in [0.15, 0.2) is 0 Å². The van der Waals surface area contributed by atoms with Crippen LogP contribution >= 0.6 is 0 Å². The highest BCUT2D eigenvalue weighted by Gasteiger charge is 2.27. The molecule has 5 rings (SSSR count). The summed E-state index contributed by atoms with van der Waals surface area (Å²) in [5.74, 6) is 1.70. The number of nitrogens with one attached hydrogen (secondary N) is 1. The molecule has 1 aromatic carbocycles. The second kappa shape index (κ2) is 9.65. The number of benzene rings is 1. The monoisotopic (exact) mass is 445 g/mol. The lowest BCUT2D eigenvalue weighted by Gasteiger charge is -2.36.